The van der Waals surface area contributed by atoms with Crippen LogP contribution in [0.3, 0.4) is 0 Å². The summed E-state index contributed by atoms with van der Waals surface area (Å²) >= 11 is 0. The zero-order valence-electron chi connectivity index (χ0n) is 19.7. The molecule has 0 fully saturated rings. The van der Waals surface area contributed by atoms with E-state index in [9.17, 15) is 13.2 Å². The zero-order valence-corrected chi connectivity index (χ0v) is 19.7. The first kappa shape index (κ1) is 24.9. The van der Waals surface area contributed by atoms with Crippen molar-refractivity contribution in [3.63, 3.8) is 0 Å². The minimum Gasteiger partial charge on any atom is -0.368 e. The molecule has 3 aromatic rings. The van der Waals surface area contributed by atoms with Crippen LogP contribution in [0.5, 0.6) is 0 Å². The molecule has 7 nitrogen and oxygen atoms in total. The number of aryl methyl sites for hydroxylation is 1. The molecule has 1 aromatic carbocycles. The van der Waals surface area contributed by atoms with Crippen LogP contribution < -0.4 is 10.6 Å². The van der Waals surface area contributed by atoms with E-state index in [1.165, 1.54) is 6.08 Å². The van der Waals surface area contributed by atoms with Gasteiger partial charge in [-0.25, -0.2) is 4.98 Å². The van der Waals surface area contributed by atoms with Gasteiger partial charge in [-0.15, -0.1) is 0 Å². The molecule has 4 rings (SSSR count). The van der Waals surface area contributed by atoms with E-state index in [1.807, 2.05) is 18.2 Å². The lowest BCUT2D eigenvalue weighted by molar-refractivity contribution is -0.0976. The number of nitrogens with zero attached hydrogens (tertiary/aromatic N) is 5. The number of nitrogens with one attached hydrogen (secondary N) is 2. The number of allylic oxidation sites excluding steroid dienone is 3. The quantitative estimate of drug-likeness (QED) is 0.432. The average molecular weight is 492 g/mol. The van der Waals surface area contributed by atoms with Crippen molar-refractivity contribution >= 4 is 11.6 Å². The lowest BCUT2D eigenvalue weighted by Crippen LogP contribution is -2.32. The van der Waals surface area contributed by atoms with Crippen LogP contribution in [0.2, 0.25) is 0 Å². The molecule has 0 amide bonds. The molecule has 1 aliphatic heterocycles. The molecule has 0 aliphatic carbocycles. The molecule has 1 aliphatic rings. The summed E-state index contributed by atoms with van der Waals surface area (Å²) in [4.78, 5) is 17.8. The molecule has 3 heterocycles. The van der Waals surface area contributed by atoms with Crippen LogP contribution in [0.1, 0.15) is 43.5 Å². The Balaban J connectivity index is 1.62. The number of halogens is 3. The van der Waals surface area contributed by atoms with E-state index in [4.69, 9.17) is 5.26 Å². The van der Waals surface area contributed by atoms with Crippen LogP contribution >= 0.6 is 0 Å². The molecule has 1 unspecified atom stereocenters. The Kier molecular flexibility index (Phi) is 7.29. The van der Waals surface area contributed by atoms with E-state index in [1.54, 1.807) is 30.5 Å². The fourth-order valence-corrected chi connectivity index (χ4v) is 3.53. The molecule has 0 saturated heterocycles. The molecule has 2 N–H and O–H groups in total. The maximum Gasteiger partial charge on any atom is 0.430 e. The fourth-order valence-electron chi connectivity index (χ4n) is 3.53. The molecule has 0 saturated carbocycles. The van der Waals surface area contributed by atoms with Gasteiger partial charge in [0.25, 0.3) is 0 Å². The minimum atomic E-state index is -4.50. The van der Waals surface area contributed by atoms with E-state index in [-0.39, 0.29) is 11.8 Å². The SMILES string of the molecule is CC(C)CCc1nc(Nc2ccnc(-c3ccc(C#N)cc3)c2)nc(C2C=CC=C(C(F)(F)F)N2)n1. The van der Waals surface area contributed by atoms with Gasteiger partial charge in [0.15, 0.2) is 5.82 Å². The van der Waals surface area contributed by atoms with Crippen LogP contribution in [0.4, 0.5) is 24.8 Å². The van der Waals surface area contributed by atoms with Crippen LogP contribution in [-0.4, -0.2) is 26.1 Å². The highest BCUT2D eigenvalue weighted by molar-refractivity contribution is 5.66. The third-order valence-corrected chi connectivity index (χ3v) is 5.43. The van der Waals surface area contributed by atoms with Crippen molar-refractivity contribution in [3.8, 4) is 17.3 Å². The van der Waals surface area contributed by atoms with Gasteiger partial charge in [-0.3, -0.25) is 4.98 Å². The van der Waals surface area contributed by atoms with Crippen LogP contribution in [0.25, 0.3) is 11.3 Å². The number of dihydropyridines is 1. The Morgan fingerprint density at radius 2 is 1.89 bits per heavy atom. The second-order valence-electron chi connectivity index (χ2n) is 8.69. The number of benzene rings is 1. The van der Waals surface area contributed by atoms with Gasteiger partial charge in [0.2, 0.25) is 5.95 Å². The minimum absolute atomic E-state index is 0.193. The molecule has 0 spiro atoms. The number of nitriles is 1. The smallest absolute Gasteiger partial charge is 0.368 e. The summed E-state index contributed by atoms with van der Waals surface area (Å²) in [6.45, 7) is 4.16. The lowest BCUT2D eigenvalue weighted by atomic mass is 10.1. The Hall–Kier alpha value is -4.26. The van der Waals surface area contributed by atoms with Crippen molar-refractivity contribution in [3.05, 3.63) is 83.7 Å². The molecular formula is C26H24F3N7. The number of pyridine rings is 1. The van der Waals surface area contributed by atoms with E-state index < -0.39 is 17.9 Å². The Labute approximate surface area is 206 Å². The second-order valence-corrected chi connectivity index (χ2v) is 8.69. The summed E-state index contributed by atoms with van der Waals surface area (Å²) in [5.41, 5.74) is 1.85. The Bertz CT molecular complexity index is 1320. The third-order valence-electron chi connectivity index (χ3n) is 5.43. The topological polar surface area (TPSA) is 99.4 Å². The summed E-state index contributed by atoms with van der Waals surface area (Å²) in [6.07, 6.45) is 2.42. The lowest BCUT2D eigenvalue weighted by Gasteiger charge is -2.22. The van der Waals surface area contributed by atoms with Crippen molar-refractivity contribution in [2.45, 2.75) is 38.9 Å². The molecule has 0 bridgehead atoms. The largest absolute Gasteiger partial charge is 0.430 e. The maximum absolute atomic E-state index is 13.3. The van der Waals surface area contributed by atoms with Gasteiger partial charge in [-0.1, -0.05) is 38.1 Å². The molecule has 1 atom stereocenters. The standard InChI is InChI=1S/C26H24F3N7/c1-16(2)6-11-23-34-24(20-4-3-5-22(33-20)26(27,28)29)36-25(35-23)32-19-12-13-31-21(14-19)18-9-7-17(15-30)8-10-18/h3-5,7-10,12-14,16,20,33H,6,11H2,1-2H3,(H,31,32,34,35,36). The highest BCUT2D eigenvalue weighted by Crippen LogP contribution is 2.29. The first-order chi connectivity index (χ1) is 17.2. The van der Waals surface area contributed by atoms with Gasteiger partial charge in [-0.2, -0.15) is 28.4 Å². The van der Waals surface area contributed by atoms with Gasteiger partial charge >= 0.3 is 6.18 Å². The van der Waals surface area contributed by atoms with Gasteiger partial charge in [-0.05, 0) is 42.7 Å². The summed E-state index contributed by atoms with van der Waals surface area (Å²) in [5, 5.41) is 14.6. The molecular weight excluding hydrogens is 467 g/mol. The van der Waals surface area contributed by atoms with Crippen LogP contribution in [0.15, 0.2) is 66.5 Å². The van der Waals surface area contributed by atoms with Crippen molar-refractivity contribution in [2.24, 2.45) is 5.92 Å². The van der Waals surface area contributed by atoms with Crippen molar-refractivity contribution in [1.29, 1.82) is 5.26 Å². The maximum atomic E-state index is 13.3. The van der Waals surface area contributed by atoms with Crippen LogP contribution in [0, 0.1) is 17.2 Å². The highest BCUT2D eigenvalue weighted by Gasteiger charge is 2.36. The van der Waals surface area contributed by atoms with E-state index >= 15 is 0 Å². The van der Waals surface area contributed by atoms with Crippen LogP contribution in [-0.2, 0) is 6.42 Å². The first-order valence-corrected chi connectivity index (χ1v) is 11.4. The monoisotopic (exact) mass is 491 g/mol. The third kappa shape index (κ3) is 6.24. The predicted octanol–water partition coefficient (Wildman–Crippen LogP) is 5.78. The van der Waals surface area contributed by atoms with Crippen molar-refractivity contribution < 1.29 is 13.2 Å². The van der Waals surface area contributed by atoms with Gasteiger partial charge in [0.1, 0.15) is 17.6 Å². The van der Waals surface area contributed by atoms with E-state index in [2.05, 4.69) is 50.5 Å². The number of anilines is 2. The Morgan fingerprint density at radius 3 is 2.58 bits per heavy atom. The number of aromatic nitrogens is 4. The van der Waals surface area contributed by atoms with Crippen molar-refractivity contribution in [2.75, 3.05) is 5.32 Å². The first-order valence-electron chi connectivity index (χ1n) is 11.4. The normalized spacial score (nSPS) is 15.2. The summed E-state index contributed by atoms with van der Waals surface area (Å²) in [5.74, 6) is 1.33. The summed E-state index contributed by atoms with van der Waals surface area (Å²) in [6, 6.07) is 11.8. The summed E-state index contributed by atoms with van der Waals surface area (Å²) < 4.78 is 39.8. The van der Waals surface area contributed by atoms with Gasteiger partial charge < -0.3 is 10.6 Å². The van der Waals surface area contributed by atoms with Gasteiger partial charge in [0, 0.05) is 23.9 Å². The number of rotatable bonds is 7. The molecule has 184 valence electrons. The zero-order chi connectivity index (χ0) is 25.7. The molecule has 0 radical (unpaired) electrons. The average Bonchev–Trinajstić information content (AvgIpc) is 2.87. The second kappa shape index (κ2) is 10.6. The highest BCUT2D eigenvalue weighted by atomic mass is 19.4. The fraction of sp³-hybridized carbons (Fsp3) is 0.269. The number of hydrogen-bond acceptors (Lipinski definition) is 7. The molecule has 2 aromatic heterocycles. The molecule has 10 heteroatoms. The number of alkyl halides is 3. The number of hydrogen-bond donors (Lipinski definition) is 2. The molecule has 36 heavy (non-hydrogen) atoms. The Morgan fingerprint density at radius 1 is 1.11 bits per heavy atom. The van der Waals surface area contributed by atoms with Crippen molar-refractivity contribution in [1.82, 2.24) is 25.3 Å². The summed E-state index contributed by atoms with van der Waals surface area (Å²) in [7, 11) is 0. The predicted molar refractivity (Wildman–Crippen MR) is 130 cm³/mol. The van der Waals surface area contributed by atoms with Gasteiger partial charge in [0.05, 0.1) is 17.3 Å². The van der Waals surface area contributed by atoms with E-state index in [0.29, 0.717) is 35.1 Å². The van der Waals surface area contributed by atoms with E-state index in [0.717, 1.165) is 18.1 Å².